The van der Waals surface area contributed by atoms with Crippen molar-refractivity contribution in [2.45, 2.75) is 0 Å². The molecule has 0 radical (unpaired) electrons. The summed E-state index contributed by atoms with van der Waals surface area (Å²) >= 11 is 0. The summed E-state index contributed by atoms with van der Waals surface area (Å²) in [6.45, 7) is -0.288. The van der Waals surface area contributed by atoms with Gasteiger partial charge >= 0.3 is 35.5 Å². The second-order valence-corrected chi connectivity index (χ2v) is 2.00. The van der Waals surface area contributed by atoms with Crippen LogP contribution in [0, 0.1) is 0 Å². The Kier molecular flexibility index (Phi) is 5.80. The quantitative estimate of drug-likeness (QED) is 0.556. The fourth-order valence-electron chi connectivity index (χ4n) is 0.662. The van der Waals surface area contributed by atoms with Gasteiger partial charge < -0.3 is 11.3 Å². The van der Waals surface area contributed by atoms with Crippen LogP contribution in [-0.4, -0.2) is 17.7 Å². The number of ether oxygens (including phenoxy) is 1. The van der Waals surface area contributed by atoms with Gasteiger partial charge in [-0.05, 0) is 12.1 Å². The molecule has 12 heavy (non-hydrogen) atoms. The van der Waals surface area contributed by atoms with Gasteiger partial charge in [-0.15, -0.1) is 0 Å². The number of hydrogen-bond acceptors (Lipinski definition) is 2. The number of carbonyl (C=O) groups is 1. The molecule has 4 heteroatoms. The van der Waals surface area contributed by atoms with Crippen LogP contribution in [0.2, 0.25) is 0 Å². The van der Waals surface area contributed by atoms with Gasteiger partial charge in [0.15, 0.2) is 6.61 Å². The van der Waals surface area contributed by atoms with Crippen molar-refractivity contribution in [1.82, 2.24) is 0 Å². The van der Waals surface area contributed by atoms with Gasteiger partial charge in [0, 0.05) is 0 Å². The van der Waals surface area contributed by atoms with Crippen molar-refractivity contribution >= 4 is 5.97 Å². The van der Waals surface area contributed by atoms with E-state index in [4.69, 9.17) is 9.84 Å². The summed E-state index contributed by atoms with van der Waals surface area (Å²) < 4.78 is 4.87. The first-order valence-electron chi connectivity index (χ1n) is 3.18. The Morgan fingerprint density at radius 3 is 2.50 bits per heavy atom. The second kappa shape index (κ2) is 6.06. The first-order valence-corrected chi connectivity index (χ1v) is 3.18. The smallest absolute Gasteiger partial charge is 1.00 e. The van der Waals surface area contributed by atoms with E-state index in [0.29, 0.717) is 5.75 Å². The Bertz CT molecular complexity index is 240. The van der Waals surface area contributed by atoms with Gasteiger partial charge in [0.05, 0.1) is 0 Å². The van der Waals surface area contributed by atoms with Gasteiger partial charge in [-0.3, -0.25) is 0 Å². The first-order chi connectivity index (χ1) is 5.29. The molecule has 0 saturated heterocycles. The van der Waals surface area contributed by atoms with Crippen molar-refractivity contribution in [2.24, 2.45) is 0 Å². The molecule has 0 unspecified atom stereocenters. The van der Waals surface area contributed by atoms with Crippen LogP contribution in [0.25, 0.3) is 0 Å². The number of carboxylic acid groups (broad SMARTS) is 1. The predicted octanol–water partition coefficient (Wildman–Crippen LogP) is -1.73. The van der Waals surface area contributed by atoms with E-state index in [-0.39, 0.29) is 37.6 Å². The molecule has 1 aromatic carbocycles. The predicted molar refractivity (Wildman–Crippen MR) is 40.7 cm³/mol. The summed E-state index contributed by atoms with van der Waals surface area (Å²) in [7, 11) is 0. The van der Waals surface area contributed by atoms with Crippen molar-refractivity contribution in [3.8, 4) is 5.75 Å². The molecule has 60 valence electrons. The van der Waals surface area contributed by atoms with Crippen molar-refractivity contribution in [2.75, 3.05) is 6.61 Å². The zero-order valence-corrected chi connectivity index (χ0v) is 8.86. The van der Waals surface area contributed by atoms with E-state index in [1.54, 1.807) is 24.3 Å². The summed E-state index contributed by atoms with van der Waals surface area (Å²) in [4.78, 5) is 10.0. The van der Waals surface area contributed by atoms with Crippen LogP contribution < -0.4 is 34.3 Å². The summed E-state index contributed by atoms with van der Waals surface area (Å²) in [5.74, 6) is -0.385. The number of rotatable bonds is 3. The van der Waals surface area contributed by atoms with Crippen LogP contribution in [0.15, 0.2) is 30.3 Å². The number of para-hydroxylation sites is 1. The standard InChI is InChI=1S/C8H8O3.Na.H/c9-8(10)6-11-7-4-2-1-3-5-7;;/h1-5H,6H2,(H,9,10);;/q;+1;-1. The van der Waals surface area contributed by atoms with Crippen LogP contribution in [0.4, 0.5) is 0 Å². The summed E-state index contributed by atoms with van der Waals surface area (Å²) in [6, 6.07) is 8.84. The van der Waals surface area contributed by atoms with Crippen molar-refractivity contribution in [3.63, 3.8) is 0 Å². The van der Waals surface area contributed by atoms with E-state index in [1.165, 1.54) is 0 Å². The molecular weight excluding hydrogens is 167 g/mol. The third kappa shape index (κ3) is 4.38. The first kappa shape index (κ1) is 11.5. The molecule has 0 bridgehead atoms. The van der Waals surface area contributed by atoms with E-state index in [0.717, 1.165) is 0 Å². The van der Waals surface area contributed by atoms with Gasteiger partial charge in [0.1, 0.15) is 5.75 Å². The average Bonchev–Trinajstić information content (AvgIpc) is 2.03. The van der Waals surface area contributed by atoms with Crippen LogP contribution >= 0.6 is 0 Å². The van der Waals surface area contributed by atoms with E-state index in [2.05, 4.69) is 0 Å². The molecule has 1 N–H and O–H groups in total. The molecule has 1 rings (SSSR count). The third-order valence-electron chi connectivity index (χ3n) is 1.11. The van der Waals surface area contributed by atoms with Crippen LogP contribution in [0.5, 0.6) is 5.75 Å². The maximum atomic E-state index is 10.0. The topological polar surface area (TPSA) is 46.5 Å². The minimum Gasteiger partial charge on any atom is -1.00 e. The number of aliphatic carboxylic acids is 1. The molecule has 0 saturated carbocycles. The summed E-state index contributed by atoms with van der Waals surface area (Å²) in [5, 5.41) is 8.25. The molecule has 0 aliphatic heterocycles. The molecule has 0 fully saturated rings. The second-order valence-electron chi connectivity index (χ2n) is 2.00. The maximum absolute atomic E-state index is 10.0. The van der Waals surface area contributed by atoms with Crippen molar-refractivity contribution < 1.29 is 45.6 Å². The Morgan fingerprint density at radius 2 is 2.00 bits per heavy atom. The zero-order valence-electron chi connectivity index (χ0n) is 7.86. The SMILES string of the molecule is O=C(O)COc1ccccc1.[H-].[Na+]. The average molecular weight is 176 g/mol. The van der Waals surface area contributed by atoms with E-state index < -0.39 is 5.97 Å². The Labute approximate surface area is 94.1 Å². The normalized spacial score (nSPS) is 8.33. The number of hydrogen-bond donors (Lipinski definition) is 1. The molecule has 0 spiro atoms. The molecule has 1 aromatic rings. The van der Waals surface area contributed by atoms with Gasteiger partial charge in [-0.25, -0.2) is 4.79 Å². The molecular formula is C8H9NaO3. The molecule has 0 aliphatic rings. The number of carboxylic acids is 1. The van der Waals surface area contributed by atoms with Gasteiger partial charge in [-0.1, -0.05) is 18.2 Å². The fraction of sp³-hybridized carbons (Fsp3) is 0.125. The van der Waals surface area contributed by atoms with Crippen LogP contribution in [0.1, 0.15) is 1.43 Å². The van der Waals surface area contributed by atoms with Crippen LogP contribution in [-0.2, 0) is 4.79 Å². The van der Waals surface area contributed by atoms with E-state index in [1.807, 2.05) is 6.07 Å². The monoisotopic (exact) mass is 176 g/mol. The molecule has 0 aliphatic carbocycles. The van der Waals surface area contributed by atoms with E-state index in [9.17, 15) is 4.79 Å². The summed E-state index contributed by atoms with van der Waals surface area (Å²) in [5.41, 5.74) is 0. The molecule has 3 nitrogen and oxygen atoms in total. The van der Waals surface area contributed by atoms with E-state index >= 15 is 0 Å². The van der Waals surface area contributed by atoms with Crippen LogP contribution in [0.3, 0.4) is 0 Å². The summed E-state index contributed by atoms with van der Waals surface area (Å²) in [6.07, 6.45) is 0. The molecule has 0 amide bonds. The minimum absolute atomic E-state index is 0. The Morgan fingerprint density at radius 1 is 1.42 bits per heavy atom. The van der Waals surface area contributed by atoms with Gasteiger partial charge in [0.2, 0.25) is 0 Å². The Hall–Kier alpha value is -0.510. The van der Waals surface area contributed by atoms with Crippen molar-refractivity contribution in [3.05, 3.63) is 30.3 Å². The van der Waals surface area contributed by atoms with Gasteiger partial charge in [0.25, 0.3) is 0 Å². The maximum Gasteiger partial charge on any atom is 1.00 e. The van der Waals surface area contributed by atoms with Crippen molar-refractivity contribution in [1.29, 1.82) is 0 Å². The third-order valence-corrected chi connectivity index (χ3v) is 1.11. The fourth-order valence-corrected chi connectivity index (χ4v) is 0.662. The van der Waals surface area contributed by atoms with Gasteiger partial charge in [-0.2, -0.15) is 0 Å². The number of benzene rings is 1. The Balaban J connectivity index is 0. The minimum atomic E-state index is -0.964. The largest absolute Gasteiger partial charge is 1.00 e. The molecule has 0 atom stereocenters. The zero-order chi connectivity index (χ0) is 8.10. The molecule has 0 heterocycles. The molecule has 0 aromatic heterocycles.